The first-order chi connectivity index (χ1) is 13.5. The number of hydroxylamine groups is 1. The summed E-state index contributed by atoms with van der Waals surface area (Å²) in [6, 6.07) is 10.2. The van der Waals surface area contributed by atoms with Crippen LogP contribution in [-0.2, 0) is 4.79 Å². The maximum absolute atomic E-state index is 12.3. The summed E-state index contributed by atoms with van der Waals surface area (Å²) in [6.07, 6.45) is 4.14. The van der Waals surface area contributed by atoms with Crippen molar-refractivity contribution >= 4 is 37.4 Å². The molecule has 0 aliphatic rings. The number of ether oxygens (including phenoxy) is 2. The maximum Gasteiger partial charge on any atom is 0.271 e. The Bertz CT molecular complexity index is 928. The molecule has 0 heterocycles. The summed E-state index contributed by atoms with van der Waals surface area (Å²) in [7, 11) is 5.00. The van der Waals surface area contributed by atoms with Gasteiger partial charge in [0.05, 0.1) is 20.4 Å². The first-order valence-corrected chi connectivity index (χ1v) is 8.26. The van der Waals surface area contributed by atoms with Gasteiger partial charge in [-0.05, 0) is 41.5 Å². The van der Waals surface area contributed by atoms with Crippen molar-refractivity contribution < 1.29 is 24.3 Å². The second kappa shape index (κ2) is 9.93. The molecule has 9 heteroatoms. The summed E-state index contributed by atoms with van der Waals surface area (Å²) < 4.78 is 10.5. The zero-order valence-corrected chi connectivity index (χ0v) is 15.7. The van der Waals surface area contributed by atoms with Crippen molar-refractivity contribution in [2.24, 2.45) is 5.10 Å². The molecule has 0 aliphatic heterocycles. The van der Waals surface area contributed by atoms with Crippen molar-refractivity contribution in [1.82, 2.24) is 10.9 Å². The molecule has 0 aliphatic carbocycles. The van der Waals surface area contributed by atoms with Gasteiger partial charge in [0.25, 0.3) is 11.8 Å². The fourth-order valence-electron chi connectivity index (χ4n) is 2.35. The van der Waals surface area contributed by atoms with Gasteiger partial charge in [-0.25, -0.2) is 10.9 Å². The highest BCUT2D eigenvalue weighted by molar-refractivity contribution is 6.35. The second-order valence-electron chi connectivity index (χ2n) is 5.70. The van der Waals surface area contributed by atoms with Gasteiger partial charge in [0.2, 0.25) is 0 Å². The Labute approximate surface area is 163 Å². The second-order valence-corrected chi connectivity index (χ2v) is 5.70. The molecule has 0 atom stereocenters. The highest BCUT2D eigenvalue weighted by atomic mass is 16.5. The highest BCUT2D eigenvalue weighted by Gasteiger charge is 2.08. The molecule has 8 nitrogen and oxygen atoms in total. The third kappa shape index (κ3) is 5.45. The number of benzene rings is 2. The number of carbonyl (C=O) groups is 2. The van der Waals surface area contributed by atoms with E-state index in [9.17, 15) is 9.59 Å². The predicted molar refractivity (Wildman–Crippen MR) is 108 cm³/mol. The van der Waals surface area contributed by atoms with Gasteiger partial charge in [0, 0.05) is 11.6 Å². The number of nitrogens with zero attached hydrogens (tertiary/aromatic N) is 1. The van der Waals surface area contributed by atoms with Crippen LogP contribution in [0.3, 0.4) is 0 Å². The Hall–Kier alpha value is -3.59. The molecule has 144 valence electrons. The molecule has 0 unspecified atom stereocenters. The maximum atomic E-state index is 12.3. The molecular weight excluding hydrogens is 361 g/mol. The van der Waals surface area contributed by atoms with Gasteiger partial charge in [0.15, 0.2) is 11.5 Å². The molecular formula is C19H20BN3O5. The van der Waals surface area contributed by atoms with E-state index in [4.69, 9.17) is 14.7 Å². The van der Waals surface area contributed by atoms with Crippen molar-refractivity contribution in [2.75, 3.05) is 14.2 Å². The van der Waals surface area contributed by atoms with E-state index < -0.39 is 11.8 Å². The van der Waals surface area contributed by atoms with Crippen LogP contribution < -0.4 is 25.8 Å². The topological polar surface area (TPSA) is 109 Å². The molecule has 2 amide bonds. The van der Waals surface area contributed by atoms with Crippen molar-refractivity contribution in [3.8, 4) is 11.5 Å². The number of hydrazone groups is 1. The van der Waals surface area contributed by atoms with E-state index in [0.717, 1.165) is 17.1 Å². The van der Waals surface area contributed by atoms with Gasteiger partial charge in [0.1, 0.15) is 7.85 Å². The highest BCUT2D eigenvalue weighted by Crippen LogP contribution is 2.25. The first kappa shape index (κ1) is 20.7. The van der Waals surface area contributed by atoms with Crippen LogP contribution in [0.15, 0.2) is 47.6 Å². The molecule has 0 saturated carbocycles. The summed E-state index contributed by atoms with van der Waals surface area (Å²) in [4.78, 5) is 23.3. The van der Waals surface area contributed by atoms with Crippen molar-refractivity contribution in [2.45, 2.75) is 0 Å². The first-order valence-electron chi connectivity index (χ1n) is 8.26. The van der Waals surface area contributed by atoms with Crippen molar-refractivity contribution in [3.05, 3.63) is 59.2 Å². The lowest BCUT2D eigenvalue weighted by Crippen LogP contribution is -2.19. The largest absolute Gasteiger partial charge is 0.493 e. The van der Waals surface area contributed by atoms with E-state index in [1.807, 2.05) is 13.9 Å². The monoisotopic (exact) mass is 381 g/mol. The Balaban J connectivity index is 2.10. The number of carbonyl (C=O) groups excluding carboxylic acids is 2. The average Bonchev–Trinajstić information content (AvgIpc) is 2.72. The van der Waals surface area contributed by atoms with Crippen molar-refractivity contribution in [3.63, 3.8) is 0 Å². The fourth-order valence-corrected chi connectivity index (χ4v) is 2.35. The third-order valence-electron chi connectivity index (χ3n) is 3.83. The van der Waals surface area contributed by atoms with Crippen LogP contribution in [0.25, 0.3) is 6.08 Å². The molecule has 2 aromatic carbocycles. The Morgan fingerprint density at radius 1 is 1.14 bits per heavy atom. The summed E-state index contributed by atoms with van der Waals surface area (Å²) >= 11 is 0. The number of methoxy groups -OCH3 is 2. The van der Waals surface area contributed by atoms with Gasteiger partial charge >= 0.3 is 0 Å². The summed E-state index contributed by atoms with van der Waals surface area (Å²) in [5.41, 5.74) is 6.62. The smallest absolute Gasteiger partial charge is 0.271 e. The molecule has 0 bridgehead atoms. The lowest BCUT2D eigenvalue weighted by Gasteiger charge is -2.10. The molecule has 0 spiro atoms. The van der Waals surface area contributed by atoms with Gasteiger partial charge < -0.3 is 9.47 Å². The summed E-state index contributed by atoms with van der Waals surface area (Å²) in [6.45, 7) is 0. The van der Waals surface area contributed by atoms with Crippen LogP contribution in [-0.4, -0.2) is 45.3 Å². The Morgan fingerprint density at radius 2 is 1.86 bits per heavy atom. The minimum Gasteiger partial charge on any atom is -0.493 e. The van der Waals surface area contributed by atoms with E-state index in [0.29, 0.717) is 22.6 Å². The molecule has 0 fully saturated rings. The average molecular weight is 381 g/mol. The van der Waals surface area contributed by atoms with Gasteiger partial charge in [-0.1, -0.05) is 17.6 Å². The zero-order valence-electron chi connectivity index (χ0n) is 15.7. The Morgan fingerprint density at radius 3 is 2.54 bits per heavy atom. The number of nitrogens with one attached hydrogen (secondary N) is 2. The number of rotatable bonds is 7. The molecule has 3 N–H and O–H groups in total. The lowest BCUT2D eigenvalue weighted by molar-refractivity contribution is -0.124. The summed E-state index contributed by atoms with van der Waals surface area (Å²) in [5.74, 6) is 0.106. The van der Waals surface area contributed by atoms with Crippen LogP contribution in [0, 0.1) is 0 Å². The number of amides is 2. The quantitative estimate of drug-likeness (QED) is 0.209. The van der Waals surface area contributed by atoms with Crippen LogP contribution in [0.1, 0.15) is 21.5 Å². The minimum absolute atomic E-state index is 0.368. The van der Waals surface area contributed by atoms with Gasteiger partial charge in [-0.2, -0.15) is 5.10 Å². The minimum atomic E-state index is -0.662. The number of hydrogen-bond donors (Lipinski definition) is 3. The molecule has 0 saturated heterocycles. The third-order valence-corrected chi connectivity index (χ3v) is 3.83. The van der Waals surface area contributed by atoms with Gasteiger partial charge in [-0.15, -0.1) is 0 Å². The fraction of sp³-hybridized carbons (Fsp3) is 0.105. The molecule has 2 aromatic rings. The van der Waals surface area contributed by atoms with E-state index in [2.05, 4.69) is 10.5 Å². The van der Waals surface area contributed by atoms with E-state index in [-0.39, 0.29) is 0 Å². The Kier molecular flexibility index (Phi) is 7.35. The van der Waals surface area contributed by atoms with Crippen LogP contribution >= 0.6 is 0 Å². The van der Waals surface area contributed by atoms with Crippen LogP contribution in [0.2, 0.25) is 0 Å². The lowest BCUT2D eigenvalue weighted by atomic mass is 9.90. The summed E-state index contributed by atoms with van der Waals surface area (Å²) in [5, 5.41) is 12.5. The number of hydrogen-bond acceptors (Lipinski definition) is 6. The van der Waals surface area contributed by atoms with Crippen LogP contribution in [0.4, 0.5) is 0 Å². The van der Waals surface area contributed by atoms with E-state index in [1.165, 1.54) is 17.8 Å². The van der Waals surface area contributed by atoms with Crippen LogP contribution in [0.5, 0.6) is 11.5 Å². The molecule has 28 heavy (non-hydrogen) atoms. The van der Waals surface area contributed by atoms with E-state index in [1.54, 1.807) is 44.6 Å². The predicted octanol–water partition coefficient (Wildman–Crippen LogP) is 0.245. The molecule has 2 rings (SSSR count). The molecule has 0 radical (unpaired) electrons. The standard InChI is InChI=1S/C19H20BN3O5/c1-27-16-9-14(15(20)10-17(16)28-2)11-21-22-19(25)13-5-3-4-12(8-13)6-7-18(24)23-26/h3-11,26H,20H2,1-2H3,(H,22,25)(H,23,24)/b7-6+,21-11+. The van der Waals surface area contributed by atoms with Crippen molar-refractivity contribution in [1.29, 1.82) is 0 Å². The molecule has 0 aromatic heterocycles. The van der Waals surface area contributed by atoms with Gasteiger partial charge in [-0.3, -0.25) is 14.8 Å². The zero-order chi connectivity index (χ0) is 20.5. The van der Waals surface area contributed by atoms with E-state index >= 15 is 0 Å². The SMILES string of the molecule is Bc1cc(OC)c(OC)cc1/C=N/NC(=O)c1cccc(/C=C/C(=O)NO)c1. The normalized spacial score (nSPS) is 10.8.